The molecule has 4 aromatic rings. The van der Waals surface area contributed by atoms with Crippen LogP contribution in [0.25, 0.3) is 22.5 Å². The van der Waals surface area contributed by atoms with Crippen LogP contribution in [0.1, 0.15) is 12.8 Å². The molecule has 0 aliphatic rings. The molecule has 2 heterocycles. The number of oxazole rings is 1. The summed E-state index contributed by atoms with van der Waals surface area (Å²) < 4.78 is 16.6. The number of fused-ring (bicyclic) bond motifs is 1. The molecule has 0 fully saturated rings. The topological polar surface area (TPSA) is 74.2 Å². The zero-order valence-corrected chi connectivity index (χ0v) is 14.3. The molecule has 0 saturated carbocycles. The van der Waals surface area contributed by atoms with E-state index < -0.39 is 0 Å². The summed E-state index contributed by atoms with van der Waals surface area (Å²) in [7, 11) is 0. The minimum absolute atomic E-state index is 0.483. The van der Waals surface area contributed by atoms with E-state index in [0.717, 1.165) is 22.4 Å². The van der Waals surface area contributed by atoms with Crippen molar-refractivity contribution >= 4 is 22.9 Å². The fourth-order valence-electron chi connectivity index (χ4n) is 2.39. The smallest absolute Gasteiger partial charge is 0.257 e. The first-order valence-electron chi connectivity index (χ1n) is 7.86. The van der Waals surface area contributed by atoms with Gasteiger partial charge in [0.25, 0.3) is 5.22 Å². The standard InChI is InChI=1S/C18H15N3O3S/c1-2-22-14-9-5-3-7-12(14)17-20-16(24-21-17)11-25-18-19-13-8-4-6-10-15(13)23-18/h3-10H,2,11H2,1H3. The monoisotopic (exact) mass is 353 g/mol. The lowest BCUT2D eigenvalue weighted by Gasteiger charge is -2.05. The van der Waals surface area contributed by atoms with Crippen molar-refractivity contribution in [2.45, 2.75) is 17.9 Å². The highest BCUT2D eigenvalue weighted by Gasteiger charge is 2.14. The molecule has 0 atom stereocenters. The van der Waals surface area contributed by atoms with Crippen LogP contribution in [-0.2, 0) is 5.75 Å². The maximum Gasteiger partial charge on any atom is 0.257 e. The van der Waals surface area contributed by atoms with Crippen LogP contribution in [0.4, 0.5) is 0 Å². The van der Waals surface area contributed by atoms with Crippen molar-refractivity contribution in [3.63, 3.8) is 0 Å². The van der Waals surface area contributed by atoms with Crippen LogP contribution in [0, 0.1) is 0 Å². The molecule has 2 aromatic heterocycles. The highest BCUT2D eigenvalue weighted by molar-refractivity contribution is 7.98. The molecule has 4 rings (SSSR count). The zero-order valence-electron chi connectivity index (χ0n) is 13.5. The van der Waals surface area contributed by atoms with Crippen LogP contribution in [0.15, 0.2) is 62.7 Å². The van der Waals surface area contributed by atoms with Gasteiger partial charge in [-0.15, -0.1) is 0 Å². The number of hydrogen-bond donors (Lipinski definition) is 0. The van der Waals surface area contributed by atoms with Gasteiger partial charge in [-0.1, -0.05) is 41.2 Å². The molecule has 0 saturated heterocycles. The summed E-state index contributed by atoms with van der Waals surface area (Å²) in [5.74, 6) is 2.24. The predicted octanol–water partition coefficient (Wildman–Crippen LogP) is 4.57. The summed E-state index contributed by atoms with van der Waals surface area (Å²) in [5, 5.41) is 4.63. The molecule has 0 unspecified atom stereocenters. The van der Waals surface area contributed by atoms with E-state index in [4.69, 9.17) is 13.7 Å². The molecule has 0 N–H and O–H groups in total. The Balaban J connectivity index is 1.50. The molecule has 0 aliphatic heterocycles. The summed E-state index contributed by atoms with van der Waals surface area (Å²) in [6.45, 7) is 2.52. The largest absolute Gasteiger partial charge is 0.493 e. The van der Waals surface area contributed by atoms with Crippen molar-refractivity contribution in [3.05, 3.63) is 54.4 Å². The number of thioether (sulfide) groups is 1. The van der Waals surface area contributed by atoms with Gasteiger partial charge in [0.05, 0.1) is 17.9 Å². The quantitative estimate of drug-likeness (QED) is 0.470. The van der Waals surface area contributed by atoms with Crippen molar-refractivity contribution in [3.8, 4) is 17.1 Å². The Kier molecular flexibility index (Phi) is 4.39. The van der Waals surface area contributed by atoms with Crippen molar-refractivity contribution in [2.75, 3.05) is 6.61 Å². The van der Waals surface area contributed by atoms with Gasteiger partial charge in [0.2, 0.25) is 11.7 Å². The van der Waals surface area contributed by atoms with Crippen molar-refractivity contribution in [2.24, 2.45) is 0 Å². The molecule has 126 valence electrons. The van der Waals surface area contributed by atoms with Gasteiger partial charge in [0, 0.05) is 0 Å². The SMILES string of the molecule is CCOc1ccccc1-c1noc(CSc2nc3ccccc3o2)n1. The molecule has 7 heteroatoms. The van der Waals surface area contributed by atoms with Gasteiger partial charge in [0.15, 0.2) is 5.58 Å². The summed E-state index contributed by atoms with van der Waals surface area (Å²) in [6, 6.07) is 15.3. The number of benzene rings is 2. The first-order chi connectivity index (χ1) is 12.3. The number of nitrogens with zero attached hydrogens (tertiary/aromatic N) is 3. The molecule has 0 bridgehead atoms. The zero-order chi connectivity index (χ0) is 17.1. The van der Waals surface area contributed by atoms with Gasteiger partial charge >= 0.3 is 0 Å². The van der Waals surface area contributed by atoms with E-state index in [1.807, 2.05) is 55.5 Å². The maximum absolute atomic E-state index is 5.67. The van der Waals surface area contributed by atoms with E-state index >= 15 is 0 Å². The van der Waals surface area contributed by atoms with Crippen molar-refractivity contribution in [1.29, 1.82) is 0 Å². The van der Waals surface area contributed by atoms with Gasteiger partial charge in [-0.05, 0) is 31.2 Å². The Hall–Kier alpha value is -2.80. The summed E-state index contributed by atoms with van der Waals surface area (Å²) in [5.41, 5.74) is 2.41. The molecule has 0 spiro atoms. The van der Waals surface area contributed by atoms with E-state index in [1.165, 1.54) is 11.8 Å². The normalized spacial score (nSPS) is 11.1. The van der Waals surface area contributed by atoms with Gasteiger partial charge in [-0.3, -0.25) is 0 Å². The first kappa shape index (κ1) is 15.7. The van der Waals surface area contributed by atoms with Crippen LogP contribution in [-0.4, -0.2) is 21.7 Å². The highest BCUT2D eigenvalue weighted by Crippen LogP contribution is 2.29. The lowest BCUT2D eigenvalue weighted by atomic mass is 10.2. The first-order valence-corrected chi connectivity index (χ1v) is 8.85. The van der Waals surface area contributed by atoms with E-state index in [2.05, 4.69) is 15.1 Å². The van der Waals surface area contributed by atoms with E-state index in [-0.39, 0.29) is 0 Å². The fraction of sp³-hybridized carbons (Fsp3) is 0.167. The highest BCUT2D eigenvalue weighted by atomic mass is 32.2. The van der Waals surface area contributed by atoms with Crippen molar-refractivity contribution in [1.82, 2.24) is 15.1 Å². The van der Waals surface area contributed by atoms with Gasteiger partial charge in [-0.2, -0.15) is 4.98 Å². The fourth-order valence-corrected chi connectivity index (χ4v) is 3.07. The Morgan fingerprint density at radius 1 is 1.04 bits per heavy atom. The van der Waals surface area contributed by atoms with E-state index in [1.54, 1.807) is 0 Å². The van der Waals surface area contributed by atoms with Gasteiger partial charge < -0.3 is 13.7 Å². The molecule has 0 amide bonds. The van der Waals surface area contributed by atoms with Crippen LogP contribution < -0.4 is 4.74 Å². The Morgan fingerprint density at radius 3 is 2.76 bits per heavy atom. The second kappa shape index (κ2) is 6.98. The second-order valence-electron chi connectivity index (χ2n) is 5.18. The minimum Gasteiger partial charge on any atom is -0.493 e. The molecule has 2 aromatic carbocycles. The number of para-hydroxylation sites is 3. The average molecular weight is 353 g/mol. The minimum atomic E-state index is 0.483. The maximum atomic E-state index is 5.67. The lowest BCUT2D eigenvalue weighted by molar-refractivity contribution is 0.341. The van der Waals surface area contributed by atoms with Gasteiger partial charge in [-0.25, -0.2) is 4.98 Å². The molecule has 6 nitrogen and oxygen atoms in total. The number of hydrogen-bond acceptors (Lipinski definition) is 7. The molecule has 25 heavy (non-hydrogen) atoms. The number of rotatable bonds is 6. The van der Waals surface area contributed by atoms with Gasteiger partial charge in [0.1, 0.15) is 11.3 Å². The van der Waals surface area contributed by atoms with E-state index in [9.17, 15) is 0 Å². The summed E-state index contributed by atoms with van der Waals surface area (Å²) >= 11 is 1.42. The number of ether oxygens (including phenoxy) is 1. The Bertz CT molecular complexity index is 963. The Labute approximate surface area is 148 Å². The summed E-state index contributed by atoms with van der Waals surface area (Å²) in [6.07, 6.45) is 0. The van der Waals surface area contributed by atoms with Crippen LogP contribution in [0.3, 0.4) is 0 Å². The Morgan fingerprint density at radius 2 is 1.88 bits per heavy atom. The third-order valence-corrected chi connectivity index (χ3v) is 4.30. The lowest BCUT2D eigenvalue weighted by Crippen LogP contribution is -1.94. The summed E-state index contributed by atoms with van der Waals surface area (Å²) in [4.78, 5) is 8.86. The predicted molar refractivity (Wildman–Crippen MR) is 94.5 cm³/mol. The molecular formula is C18H15N3O3S. The van der Waals surface area contributed by atoms with E-state index in [0.29, 0.717) is 29.3 Å². The molecular weight excluding hydrogens is 338 g/mol. The second-order valence-corrected chi connectivity index (χ2v) is 6.10. The van der Waals surface area contributed by atoms with Crippen molar-refractivity contribution < 1.29 is 13.7 Å². The third kappa shape index (κ3) is 3.36. The number of aromatic nitrogens is 3. The van der Waals surface area contributed by atoms with Crippen LogP contribution in [0.5, 0.6) is 5.75 Å². The van der Waals surface area contributed by atoms with Crippen LogP contribution in [0.2, 0.25) is 0 Å². The third-order valence-electron chi connectivity index (χ3n) is 3.49. The average Bonchev–Trinajstić information content (AvgIpc) is 3.27. The molecule has 0 radical (unpaired) electrons. The van der Waals surface area contributed by atoms with Crippen LogP contribution >= 0.6 is 11.8 Å². The molecule has 0 aliphatic carbocycles.